The minimum atomic E-state index is 0.00544. The van der Waals surface area contributed by atoms with Gasteiger partial charge in [0, 0.05) is 11.4 Å². The lowest BCUT2D eigenvalue weighted by molar-refractivity contribution is -0.116. The van der Waals surface area contributed by atoms with Crippen LogP contribution in [0.1, 0.15) is 51.4 Å². The van der Waals surface area contributed by atoms with Crippen molar-refractivity contribution >= 4 is 34.8 Å². The smallest absolute Gasteiger partial charge is 0.224 e. The lowest BCUT2D eigenvalue weighted by Gasteiger charge is -2.07. The van der Waals surface area contributed by atoms with E-state index < -0.39 is 0 Å². The number of nitrogens with one attached hydrogen (secondary N) is 1. The molecule has 0 unspecified atom stereocenters. The van der Waals surface area contributed by atoms with Crippen LogP contribution in [0.5, 0.6) is 0 Å². The van der Waals surface area contributed by atoms with Gasteiger partial charge in [0.1, 0.15) is 0 Å². The summed E-state index contributed by atoms with van der Waals surface area (Å²) < 4.78 is 0. The summed E-state index contributed by atoms with van der Waals surface area (Å²) in [5, 5.41) is 3.85. The second kappa shape index (κ2) is 10.7. The molecule has 0 radical (unpaired) electrons. The van der Waals surface area contributed by atoms with Crippen LogP contribution < -0.4 is 5.32 Å². The van der Waals surface area contributed by atoms with Gasteiger partial charge in [0.25, 0.3) is 0 Å². The molecule has 116 valence electrons. The van der Waals surface area contributed by atoms with Gasteiger partial charge in [0.15, 0.2) is 0 Å². The van der Waals surface area contributed by atoms with E-state index in [1.165, 1.54) is 25.7 Å². The first-order valence-electron chi connectivity index (χ1n) is 7.49. The fourth-order valence-electron chi connectivity index (χ4n) is 2.08. The van der Waals surface area contributed by atoms with Gasteiger partial charge >= 0.3 is 0 Å². The van der Waals surface area contributed by atoms with E-state index in [0.29, 0.717) is 22.2 Å². The van der Waals surface area contributed by atoms with Crippen molar-refractivity contribution in [2.24, 2.45) is 0 Å². The number of rotatable bonds is 10. The molecule has 0 saturated carbocycles. The zero-order chi connectivity index (χ0) is 15.5. The third-order valence-corrected chi connectivity index (χ3v) is 3.82. The number of unbranched alkanes of at least 4 members (excludes halogenated alkanes) is 6. The molecule has 1 N–H and O–H groups in total. The Bertz CT molecular complexity index is 460. The molecule has 0 spiro atoms. The van der Waals surface area contributed by atoms with E-state index in [0.717, 1.165) is 19.3 Å². The second-order valence-corrected chi connectivity index (χ2v) is 5.96. The Labute approximate surface area is 137 Å². The van der Waals surface area contributed by atoms with Crippen LogP contribution in [0.2, 0.25) is 10.0 Å². The van der Waals surface area contributed by atoms with E-state index in [4.69, 9.17) is 23.2 Å². The zero-order valence-electron chi connectivity index (χ0n) is 12.3. The number of carbonyl (C=O) groups excluding carboxylic acids is 1. The summed E-state index contributed by atoms with van der Waals surface area (Å²) >= 11 is 11.8. The normalized spacial score (nSPS) is 10.4. The van der Waals surface area contributed by atoms with Crippen LogP contribution in [0.15, 0.2) is 30.9 Å². The van der Waals surface area contributed by atoms with E-state index in [9.17, 15) is 4.79 Å². The standard InChI is InChI=1S/C17H23Cl2NO/c1-2-3-4-5-6-7-8-9-10-17(21)20-16-12-11-14(18)13-15(16)19/h2,11-13H,1,3-10H2,(H,20,21). The second-order valence-electron chi connectivity index (χ2n) is 5.12. The maximum absolute atomic E-state index is 11.8. The van der Waals surface area contributed by atoms with Crippen molar-refractivity contribution in [1.82, 2.24) is 0 Å². The third-order valence-electron chi connectivity index (χ3n) is 3.27. The molecule has 0 bridgehead atoms. The summed E-state index contributed by atoms with van der Waals surface area (Å²) in [4.78, 5) is 11.8. The summed E-state index contributed by atoms with van der Waals surface area (Å²) in [7, 11) is 0. The van der Waals surface area contributed by atoms with E-state index in [1.54, 1.807) is 18.2 Å². The number of anilines is 1. The van der Waals surface area contributed by atoms with E-state index in [1.807, 2.05) is 6.08 Å². The lowest BCUT2D eigenvalue weighted by Crippen LogP contribution is -2.11. The van der Waals surface area contributed by atoms with Crippen LogP contribution in [-0.4, -0.2) is 5.91 Å². The Kier molecular flexibility index (Phi) is 9.20. The lowest BCUT2D eigenvalue weighted by atomic mass is 10.1. The molecule has 0 atom stereocenters. The molecule has 1 aromatic rings. The first kappa shape index (κ1) is 18.1. The van der Waals surface area contributed by atoms with E-state index in [2.05, 4.69) is 11.9 Å². The molecule has 0 aliphatic rings. The van der Waals surface area contributed by atoms with Crippen molar-refractivity contribution in [1.29, 1.82) is 0 Å². The van der Waals surface area contributed by atoms with Gasteiger partial charge in [-0.3, -0.25) is 4.79 Å². The number of allylic oxidation sites excluding steroid dienone is 1. The van der Waals surface area contributed by atoms with Gasteiger partial charge in [0.05, 0.1) is 10.7 Å². The summed E-state index contributed by atoms with van der Waals surface area (Å²) in [5.41, 5.74) is 0.621. The summed E-state index contributed by atoms with van der Waals surface area (Å²) in [5.74, 6) is 0.00544. The predicted molar refractivity (Wildman–Crippen MR) is 92.2 cm³/mol. The Morgan fingerprint density at radius 2 is 1.76 bits per heavy atom. The first-order chi connectivity index (χ1) is 10.1. The zero-order valence-corrected chi connectivity index (χ0v) is 13.8. The highest BCUT2D eigenvalue weighted by atomic mass is 35.5. The summed E-state index contributed by atoms with van der Waals surface area (Å²) in [6, 6.07) is 5.07. The number of amides is 1. The maximum Gasteiger partial charge on any atom is 0.224 e. The molecule has 0 aliphatic carbocycles. The van der Waals surface area contributed by atoms with Crippen molar-refractivity contribution in [2.75, 3.05) is 5.32 Å². The molecule has 0 fully saturated rings. The molecule has 1 aromatic carbocycles. The third kappa shape index (κ3) is 8.13. The number of hydrogen-bond donors (Lipinski definition) is 1. The molecular formula is C17H23Cl2NO. The van der Waals surface area contributed by atoms with Crippen LogP contribution >= 0.6 is 23.2 Å². The SMILES string of the molecule is C=CCCCCCCCCC(=O)Nc1ccc(Cl)cc1Cl. The molecular weight excluding hydrogens is 305 g/mol. The summed E-state index contributed by atoms with van der Waals surface area (Å²) in [6.07, 6.45) is 10.5. The fourth-order valence-corrected chi connectivity index (χ4v) is 2.54. The van der Waals surface area contributed by atoms with Crippen LogP contribution in [0.25, 0.3) is 0 Å². The molecule has 1 amide bonds. The predicted octanol–water partition coefficient (Wildman–Crippen LogP) is 6.24. The Morgan fingerprint density at radius 1 is 1.10 bits per heavy atom. The van der Waals surface area contributed by atoms with Gasteiger partial charge in [-0.1, -0.05) is 55.0 Å². The van der Waals surface area contributed by atoms with E-state index in [-0.39, 0.29) is 5.91 Å². The quantitative estimate of drug-likeness (QED) is 0.400. The molecule has 2 nitrogen and oxygen atoms in total. The number of benzene rings is 1. The molecule has 0 aromatic heterocycles. The highest BCUT2D eigenvalue weighted by molar-refractivity contribution is 6.36. The number of hydrogen-bond acceptors (Lipinski definition) is 1. The van der Waals surface area contributed by atoms with Gasteiger partial charge in [0.2, 0.25) is 5.91 Å². The van der Waals surface area contributed by atoms with Crippen molar-refractivity contribution in [2.45, 2.75) is 51.4 Å². The Hall–Kier alpha value is -0.990. The Morgan fingerprint density at radius 3 is 2.43 bits per heavy atom. The number of halogens is 2. The molecule has 21 heavy (non-hydrogen) atoms. The van der Waals surface area contributed by atoms with Gasteiger partial charge in [-0.15, -0.1) is 6.58 Å². The summed E-state index contributed by atoms with van der Waals surface area (Å²) in [6.45, 7) is 3.71. The monoisotopic (exact) mass is 327 g/mol. The van der Waals surface area contributed by atoms with Crippen molar-refractivity contribution < 1.29 is 4.79 Å². The van der Waals surface area contributed by atoms with Gasteiger partial charge in [-0.2, -0.15) is 0 Å². The van der Waals surface area contributed by atoms with Crippen molar-refractivity contribution in [3.05, 3.63) is 40.9 Å². The molecule has 1 rings (SSSR count). The fraction of sp³-hybridized carbons (Fsp3) is 0.471. The van der Waals surface area contributed by atoms with Crippen LogP contribution in [-0.2, 0) is 4.79 Å². The highest BCUT2D eigenvalue weighted by Gasteiger charge is 2.06. The molecule has 0 saturated heterocycles. The first-order valence-corrected chi connectivity index (χ1v) is 8.25. The van der Waals surface area contributed by atoms with Gasteiger partial charge in [-0.25, -0.2) is 0 Å². The maximum atomic E-state index is 11.8. The number of carbonyl (C=O) groups is 1. The van der Waals surface area contributed by atoms with E-state index >= 15 is 0 Å². The van der Waals surface area contributed by atoms with Gasteiger partial charge < -0.3 is 5.32 Å². The average Bonchev–Trinajstić information content (AvgIpc) is 2.45. The minimum Gasteiger partial charge on any atom is -0.325 e. The van der Waals surface area contributed by atoms with Crippen LogP contribution in [0, 0.1) is 0 Å². The van der Waals surface area contributed by atoms with Crippen molar-refractivity contribution in [3.63, 3.8) is 0 Å². The van der Waals surface area contributed by atoms with Gasteiger partial charge in [-0.05, 0) is 37.5 Å². The molecule has 0 aliphatic heterocycles. The molecule has 4 heteroatoms. The average molecular weight is 328 g/mol. The minimum absolute atomic E-state index is 0.00544. The topological polar surface area (TPSA) is 29.1 Å². The highest BCUT2D eigenvalue weighted by Crippen LogP contribution is 2.25. The van der Waals surface area contributed by atoms with Crippen molar-refractivity contribution in [3.8, 4) is 0 Å². The molecule has 0 heterocycles. The van der Waals surface area contributed by atoms with Crippen LogP contribution in [0.3, 0.4) is 0 Å². The van der Waals surface area contributed by atoms with Crippen LogP contribution in [0.4, 0.5) is 5.69 Å². The largest absolute Gasteiger partial charge is 0.325 e. The Balaban J connectivity index is 2.12.